The van der Waals surface area contributed by atoms with Crippen molar-refractivity contribution in [2.75, 3.05) is 19.6 Å². The summed E-state index contributed by atoms with van der Waals surface area (Å²) < 4.78 is 8.92. The number of amides is 1. The van der Waals surface area contributed by atoms with Gasteiger partial charge in [-0.1, -0.05) is 0 Å². The third kappa shape index (κ3) is 12.5. The van der Waals surface area contributed by atoms with Crippen molar-refractivity contribution < 1.29 is 24.5 Å². The van der Waals surface area contributed by atoms with Crippen LogP contribution in [0.1, 0.15) is 72.8 Å². The fourth-order valence-corrected chi connectivity index (χ4v) is 7.70. The molecule has 0 saturated carbocycles. The van der Waals surface area contributed by atoms with Crippen molar-refractivity contribution in [2.45, 2.75) is 83.8 Å². The molecule has 13 heteroatoms. The first-order valence-corrected chi connectivity index (χ1v) is 18.2. The van der Waals surface area contributed by atoms with Crippen molar-refractivity contribution in [3.8, 4) is 0 Å². The zero-order chi connectivity index (χ0) is 33.7. The van der Waals surface area contributed by atoms with Crippen molar-refractivity contribution in [2.24, 2.45) is 5.73 Å². The van der Waals surface area contributed by atoms with Gasteiger partial charge in [0.15, 0.2) is 0 Å². The third-order valence-corrected chi connectivity index (χ3v) is 10.2. The molecule has 0 aliphatic carbocycles. The number of hydrogen-bond acceptors (Lipinski definition) is 8. The monoisotopic (exact) mass is 763 g/mol. The molecule has 2 aliphatic heterocycles. The Balaban J connectivity index is 0.000000217. The summed E-state index contributed by atoms with van der Waals surface area (Å²) in [6.07, 6.45) is 5.02. The fraction of sp³-hybridized carbons (Fsp3) is 0.485. The van der Waals surface area contributed by atoms with Gasteiger partial charge in [-0.2, -0.15) is 0 Å². The summed E-state index contributed by atoms with van der Waals surface area (Å²) in [7, 11) is -0.640. The number of nitrogens with zero attached hydrogens (tertiary/aromatic N) is 4. The number of likely N-dealkylation sites (tertiary alicyclic amines) is 1. The number of carboxylic acid groups (broad SMARTS) is 1. The van der Waals surface area contributed by atoms with Crippen molar-refractivity contribution in [3.63, 3.8) is 0 Å². The van der Waals surface area contributed by atoms with E-state index in [1.54, 1.807) is 11.6 Å². The molecule has 5 rings (SSSR count). The van der Waals surface area contributed by atoms with E-state index in [9.17, 15) is 9.59 Å². The summed E-state index contributed by atoms with van der Waals surface area (Å²) in [6, 6.07) is 20.2. The van der Waals surface area contributed by atoms with Crippen LogP contribution in [-0.2, 0) is 22.4 Å². The molecule has 0 bridgehead atoms. The molecule has 2 fully saturated rings. The Morgan fingerprint density at radius 3 is 2.17 bits per heavy atom. The second kappa shape index (κ2) is 18.6. The molecule has 1 amide bonds. The predicted octanol–water partition coefficient (Wildman–Crippen LogP) is 3.37. The average Bonchev–Trinajstić information content (AvgIpc) is 3.79. The van der Waals surface area contributed by atoms with Crippen LogP contribution in [0.25, 0.3) is 0 Å². The normalized spacial score (nSPS) is 17.7. The van der Waals surface area contributed by atoms with Crippen LogP contribution >= 0.6 is 0 Å². The molecule has 4 N–H and O–H groups in total. The Morgan fingerprint density at radius 1 is 1.02 bits per heavy atom. The summed E-state index contributed by atoms with van der Waals surface area (Å²) in [5, 5.41) is 26.6. The van der Waals surface area contributed by atoms with Crippen LogP contribution in [0.2, 0.25) is 6.82 Å². The second-order valence-corrected chi connectivity index (χ2v) is 15.8. The van der Waals surface area contributed by atoms with E-state index in [2.05, 4.69) is 50.0 Å². The van der Waals surface area contributed by atoms with Crippen LogP contribution in [0.5, 0.6) is 0 Å². The van der Waals surface area contributed by atoms with Gasteiger partial charge in [0.05, 0.1) is 0 Å². The maximum atomic E-state index is 12.4. The Hall–Kier alpha value is -2.63. The van der Waals surface area contributed by atoms with E-state index < -0.39 is 24.7 Å². The second-order valence-electron chi connectivity index (χ2n) is 12.3. The molecular formula is C33H46BN5O5Se2. The van der Waals surface area contributed by atoms with E-state index in [1.165, 1.54) is 15.5 Å². The molecule has 2 saturated heterocycles. The Morgan fingerprint density at radius 2 is 1.63 bits per heavy atom. The van der Waals surface area contributed by atoms with Crippen LogP contribution in [0.4, 0.5) is 4.79 Å². The van der Waals surface area contributed by atoms with Crippen molar-refractivity contribution >= 4 is 53.6 Å². The summed E-state index contributed by atoms with van der Waals surface area (Å²) in [5.41, 5.74) is 7.55. The van der Waals surface area contributed by atoms with Crippen molar-refractivity contribution in [1.82, 2.24) is 19.9 Å². The van der Waals surface area contributed by atoms with Gasteiger partial charge in [0.1, 0.15) is 6.04 Å². The molecule has 1 aromatic heterocycles. The zero-order valence-corrected chi connectivity index (χ0v) is 30.6. The van der Waals surface area contributed by atoms with Gasteiger partial charge in [0.2, 0.25) is 0 Å². The molecular weight excluding hydrogens is 715 g/mol. The van der Waals surface area contributed by atoms with Crippen LogP contribution in [0.3, 0.4) is 0 Å². The maximum absolute atomic E-state index is 12.4. The molecule has 3 aromatic rings. The number of rotatable bonds is 8. The Bertz CT molecular complexity index is 1390. The van der Waals surface area contributed by atoms with E-state index in [-0.39, 0.29) is 26.6 Å². The van der Waals surface area contributed by atoms with Gasteiger partial charge in [0.25, 0.3) is 0 Å². The molecule has 2 atom stereocenters. The molecule has 248 valence electrons. The van der Waals surface area contributed by atoms with Crippen molar-refractivity contribution in [3.05, 3.63) is 80.9 Å². The van der Waals surface area contributed by atoms with Gasteiger partial charge in [-0.25, -0.2) is 0 Å². The number of carbonyl (C=O) groups is 2. The van der Waals surface area contributed by atoms with E-state index in [4.69, 9.17) is 20.6 Å². The molecule has 46 heavy (non-hydrogen) atoms. The first-order valence-electron chi connectivity index (χ1n) is 15.7. The number of aliphatic carboxylic acids is 1. The number of carboxylic acids is 1. The minimum atomic E-state index is -0.830. The van der Waals surface area contributed by atoms with Crippen molar-refractivity contribution in [1.29, 1.82) is 0 Å². The topological polar surface area (TPSA) is 142 Å². The zero-order valence-electron chi connectivity index (χ0n) is 27.2. The molecule has 2 aliphatic rings. The predicted molar refractivity (Wildman–Crippen MR) is 184 cm³/mol. The van der Waals surface area contributed by atoms with Gasteiger partial charge in [0, 0.05) is 0 Å². The first kappa shape index (κ1) is 37.8. The summed E-state index contributed by atoms with van der Waals surface area (Å²) in [6.45, 7) is 9.35. The summed E-state index contributed by atoms with van der Waals surface area (Å²) >= 11 is 3.08. The number of ether oxygens (including phenoxy) is 1. The van der Waals surface area contributed by atoms with E-state index >= 15 is 0 Å². The SMILES string of the molecule is CB(O)N1CCCC1C(=O)O.CC(C)(C)OC(=O)N1CCCC1c1nnc(Cc2ccccc2)[se]1.NCC(=[Se])Cc1ccccc1. The molecule has 0 radical (unpaired) electrons. The van der Waals surface area contributed by atoms with Crippen LogP contribution in [0.15, 0.2) is 60.7 Å². The van der Waals surface area contributed by atoms with E-state index in [1.807, 2.05) is 62.1 Å². The molecule has 2 unspecified atom stereocenters. The van der Waals surface area contributed by atoms with Gasteiger partial charge in [-0.05, 0) is 26.2 Å². The fourth-order valence-electron chi connectivity index (χ4n) is 5.20. The number of benzene rings is 2. The number of nitrogens with two attached hydrogens (primary N) is 1. The average molecular weight is 761 g/mol. The van der Waals surface area contributed by atoms with Gasteiger partial charge in [-0.3, -0.25) is 4.79 Å². The van der Waals surface area contributed by atoms with Crippen LogP contribution in [0, 0.1) is 0 Å². The quantitative estimate of drug-likeness (QED) is 0.295. The molecule has 10 nitrogen and oxygen atoms in total. The Kier molecular flexibility index (Phi) is 15.3. The number of hydrogen-bond donors (Lipinski definition) is 3. The summed E-state index contributed by atoms with van der Waals surface area (Å²) in [5.74, 6) is -0.830. The van der Waals surface area contributed by atoms with Gasteiger partial charge in [-0.15, -0.1) is 0 Å². The minimum absolute atomic E-state index is 0.0527. The number of aromatic nitrogens is 2. The van der Waals surface area contributed by atoms with Gasteiger partial charge >= 0.3 is 236 Å². The first-order chi connectivity index (χ1) is 21.9. The third-order valence-electron chi connectivity index (χ3n) is 7.38. The molecule has 3 heterocycles. The van der Waals surface area contributed by atoms with Crippen LogP contribution in [-0.4, -0.2) is 115 Å². The van der Waals surface area contributed by atoms with Gasteiger partial charge < -0.3 is 14.9 Å². The Labute approximate surface area is 287 Å². The number of carbonyl (C=O) groups excluding carboxylic acids is 1. The summed E-state index contributed by atoms with van der Waals surface area (Å²) in [4.78, 5) is 26.4. The molecule has 2 aromatic carbocycles. The van der Waals surface area contributed by atoms with Crippen LogP contribution < -0.4 is 5.73 Å². The van der Waals surface area contributed by atoms with E-state index in [0.717, 1.165) is 47.8 Å². The standard InChI is InChI=1S/C18H23N3O2Se.C9H11NSe.C6H12BNO3/c1-18(2,3)23-17(22)21-11-7-10-14(21)16-20-19-15(24-16)12-13-8-5-4-6-9-13;10-7-9(11)6-8-4-2-1-3-5-8;1-7(11)8-4-2-3-5(8)6(9)10/h4-6,8-9,14H,7,10-12H2,1-3H3;1-5H,6-7,10H2;5,11H,2-4H2,1H3,(H,9,10). The molecule has 0 spiro atoms. The van der Waals surface area contributed by atoms with E-state index in [0.29, 0.717) is 19.5 Å².